The van der Waals surface area contributed by atoms with Crippen LogP contribution in [0.25, 0.3) is 10.2 Å². The van der Waals surface area contributed by atoms with Gasteiger partial charge in [-0.2, -0.15) is 10.5 Å². The number of hydrogen-bond acceptors (Lipinski definition) is 8. The lowest BCUT2D eigenvalue weighted by Crippen LogP contribution is -2.27. The molecule has 0 fully saturated rings. The van der Waals surface area contributed by atoms with Crippen LogP contribution in [0.4, 0.5) is 5.00 Å². The van der Waals surface area contributed by atoms with Crippen LogP contribution in [0.5, 0.6) is 11.5 Å². The number of nitrogens with one attached hydrogen (secondary N) is 2. The molecule has 3 heterocycles. The molecule has 0 aliphatic carbocycles. The molecule has 9 heteroatoms. The molecule has 3 aromatic rings. The third-order valence-electron chi connectivity index (χ3n) is 4.99. The third-order valence-corrected chi connectivity index (χ3v) is 6.13. The number of nitrogens with two attached hydrogens (primary N) is 1. The first-order valence-electron chi connectivity index (χ1n) is 9.23. The lowest BCUT2D eigenvalue weighted by atomic mass is 9.83. The van der Waals surface area contributed by atoms with Crippen molar-refractivity contribution in [2.75, 3.05) is 19.0 Å². The summed E-state index contributed by atoms with van der Waals surface area (Å²) >= 11 is 1.26. The van der Waals surface area contributed by atoms with Crippen LogP contribution in [-0.2, 0) is 0 Å². The fourth-order valence-electron chi connectivity index (χ4n) is 3.66. The summed E-state index contributed by atoms with van der Waals surface area (Å²) in [7, 11) is 1.52. The van der Waals surface area contributed by atoms with E-state index < -0.39 is 11.5 Å². The highest BCUT2D eigenvalue weighted by Crippen LogP contribution is 2.48. The van der Waals surface area contributed by atoms with Crippen molar-refractivity contribution < 1.29 is 9.47 Å². The van der Waals surface area contributed by atoms with E-state index in [4.69, 9.17) is 15.2 Å². The van der Waals surface area contributed by atoms with Crippen LogP contribution in [0.3, 0.4) is 0 Å². The second kappa shape index (κ2) is 7.90. The Hall–Kier alpha value is -4.21. The van der Waals surface area contributed by atoms with Crippen LogP contribution < -0.4 is 26.1 Å². The number of thiophene rings is 1. The van der Waals surface area contributed by atoms with Crippen LogP contribution in [0.2, 0.25) is 0 Å². The minimum Gasteiger partial charge on any atom is -0.496 e. The molecule has 0 bridgehead atoms. The van der Waals surface area contributed by atoms with Crippen molar-refractivity contribution in [3.05, 3.63) is 75.4 Å². The van der Waals surface area contributed by atoms with Gasteiger partial charge in [0.2, 0.25) is 5.88 Å². The molecule has 0 amide bonds. The number of methoxy groups -OCH3 is 1. The quantitative estimate of drug-likeness (QED) is 0.527. The van der Waals surface area contributed by atoms with Gasteiger partial charge in [0, 0.05) is 12.1 Å². The molecule has 1 aliphatic rings. The van der Waals surface area contributed by atoms with Crippen LogP contribution in [0.1, 0.15) is 22.6 Å². The Bertz CT molecular complexity index is 1390. The summed E-state index contributed by atoms with van der Waals surface area (Å²) in [5, 5.41) is 23.1. The predicted molar refractivity (Wildman–Crippen MR) is 118 cm³/mol. The number of fused-ring (bicyclic) bond motifs is 3. The maximum absolute atomic E-state index is 13.2. The lowest BCUT2D eigenvalue weighted by Gasteiger charge is -2.26. The molecule has 0 saturated heterocycles. The summed E-state index contributed by atoms with van der Waals surface area (Å²) in [6.07, 6.45) is 1.66. The summed E-state index contributed by atoms with van der Waals surface area (Å²) < 4.78 is 11.8. The average molecular weight is 431 g/mol. The largest absolute Gasteiger partial charge is 0.496 e. The van der Waals surface area contributed by atoms with Gasteiger partial charge in [0.05, 0.1) is 28.8 Å². The number of para-hydroxylation sites is 1. The highest BCUT2D eigenvalue weighted by Gasteiger charge is 2.37. The molecular weight excluding hydrogens is 414 g/mol. The zero-order valence-corrected chi connectivity index (χ0v) is 17.3. The molecule has 1 aliphatic heterocycles. The summed E-state index contributed by atoms with van der Waals surface area (Å²) in [6.45, 7) is 4.11. The molecule has 1 aromatic carbocycles. The first kappa shape index (κ1) is 20.1. The monoisotopic (exact) mass is 431 g/mol. The van der Waals surface area contributed by atoms with E-state index in [1.54, 1.807) is 30.3 Å². The molecular formula is C22H17N5O3S. The van der Waals surface area contributed by atoms with Crippen LogP contribution in [-0.4, -0.2) is 18.6 Å². The smallest absolute Gasteiger partial charge is 0.256 e. The van der Waals surface area contributed by atoms with E-state index in [9.17, 15) is 15.3 Å². The van der Waals surface area contributed by atoms with Crippen molar-refractivity contribution in [1.82, 2.24) is 4.98 Å². The molecule has 31 heavy (non-hydrogen) atoms. The maximum Gasteiger partial charge on any atom is 0.256 e. The number of nitriles is 2. The van der Waals surface area contributed by atoms with E-state index in [0.29, 0.717) is 38.6 Å². The lowest BCUT2D eigenvalue weighted by molar-refractivity contribution is 0.389. The number of nitrogens with zero attached hydrogens (tertiary/aromatic N) is 2. The number of H-pyrrole nitrogens is 1. The van der Waals surface area contributed by atoms with E-state index >= 15 is 0 Å². The number of ether oxygens (including phenoxy) is 2. The van der Waals surface area contributed by atoms with Crippen molar-refractivity contribution >= 4 is 26.6 Å². The Morgan fingerprint density at radius 2 is 2.16 bits per heavy atom. The summed E-state index contributed by atoms with van der Waals surface area (Å²) in [6, 6.07) is 11.3. The zero-order chi connectivity index (χ0) is 22.1. The molecule has 1 unspecified atom stereocenters. The van der Waals surface area contributed by atoms with Crippen molar-refractivity contribution in [1.29, 1.82) is 10.5 Å². The molecule has 2 aromatic heterocycles. The number of benzene rings is 1. The molecule has 4 rings (SSSR count). The van der Waals surface area contributed by atoms with E-state index in [1.165, 1.54) is 18.4 Å². The van der Waals surface area contributed by atoms with Crippen molar-refractivity contribution in [2.24, 2.45) is 5.73 Å². The topological polar surface area (TPSA) is 137 Å². The van der Waals surface area contributed by atoms with Gasteiger partial charge in [0.1, 0.15) is 34.0 Å². The fourth-order valence-corrected chi connectivity index (χ4v) is 4.77. The van der Waals surface area contributed by atoms with Crippen molar-refractivity contribution in [3.8, 4) is 23.6 Å². The summed E-state index contributed by atoms with van der Waals surface area (Å²) in [5.41, 5.74) is 7.27. The van der Waals surface area contributed by atoms with Gasteiger partial charge in [0.15, 0.2) is 5.75 Å². The summed E-state index contributed by atoms with van der Waals surface area (Å²) in [5.74, 6) is -0.127. The molecule has 0 spiro atoms. The number of hydrogen-bond donors (Lipinski definition) is 3. The van der Waals surface area contributed by atoms with E-state index in [0.717, 1.165) is 0 Å². The van der Waals surface area contributed by atoms with Gasteiger partial charge in [-0.05, 0) is 6.07 Å². The summed E-state index contributed by atoms with van der Waals surface area (Å²) in [4.78, 5) is 16.0. The van der Waals surface area contributed by atoms with Crippen LogP contribution in [0.15, 0.2) is 53.2 Å². The Morgan fingerprint density at radius 1 is 1.39 bits per heavy atom. The number of rotatable bonds is 5. The van der Waals surface area contributed by atoms with Gasteiger partial charge in [0.25, 0.3) is 5.56 Å². The number of pyridine rings is 1. The minimum atomic E-state index is -0.782. The molecule has 154 valence electrons. The van der Waals surface area contributed by atoms with Crippen molar-refractivity contribution in [3.63, 3.8) is 0 Å². The Labute approximate surface area is 181 Å². The van der Waals surface area contributed by atoms with E-state index in [1.807, 2.05) is 0 Å². The number of aromatic nitrogens is 1. The Kier molecular flexibility index (Phi) is 5.12. The van der Waals surface area contributed by atoms with Gasteiger partial charge in [-0.15, -0.1) is 17.9 Å². The SMILES string of the molecule is C=CCNc1sc2c3c(c(=O)[nH]c2c1C#N)C(c1ccccc1OC)C(C#N)=C(N)O3. The highest BCUT2D eigenvalue weighted by molar-refractivity contribution is 7.23. The molecule has 0 saturated carbocycles. The number of aromatic amines is 1. The molecule has 1 atom stereocenters. The van der Waals surface area contributed by atoms with Gasteiger partial charge >= 0.3 is 0 Å². The van der Waals surface area contributed by atoms with Crippen LogP contribution >= 0.6 is 11.3 Å². The first-order valence-corrected chi connectivity index (χ1v) is 10.0. The van der Waals surface area contributed by atoms with Crippen LogP contribution in [0, 0.1) is 22.7 Å². The maximum atomic E-state index is 13.2. The first-order chi connectivity index (χ1) is 15.0. The average Bonchev–Trinajstić information content (AvgIpc) is 3.14. The zero-order valence-electron chi connectivity index (χ0n) is 16.5. The second-order valence-electron chi connectivity index (χ2n) is 6.66. The fraction of sp³-hybridized carbons (Fsp3) is 0.136. The minimum absolute atomic E-state index is 0.0923. The Morgan fingerprint density at radius 3 is 2.84 bits per heavy atom. The van der Waals surface area contributed by atoms with Gasteiger partial charge < -0.3 is 25.5 Å². The van der Waals surface area contributed by atoms with E-state index in [2.05, 4.69) is 29.0 Å². The molecule has 8 nitrogen and oxygen atoms in total. The Balaban J connectivity index is 2.06. The number of anilines is 1. The van der Waals surface area contributed by atoms with Crippen molar-refractivity contribution in [2.45, 2.75) is 5.92 Å². The van der Waals surface area contributed by atoms with Gasteiger partial charge in [-0.25, -0.2) is 0 Å². The van der Waals surface area contributed by atoms with Gasteiger partial charge in [-0.1, -0.05) is 24.3 Å². The van der Waals surface area contributed by atoms with E-state index in [-0.39, 0.29) is 22.8 Å². The molecule has 0 radical (unpaired) electrons. The standard InChI is InChI=1S/C22H17N5O3S/c1-3-8-26-22-13(10-24)17-19(31-22)18-16(21(28)27-17)15(12(9-23)20(25)30-18)11-6-4-5-7-14(11)29-2/h3-7,15,26H,1,8,25H2,2H3,(H,27,28). The second-order valence-corrected chi connectivity index (χ2v) is 7.68. The molecule has 4 N–H and O–H groups in total. The number of allylic oxidation sites excluding steroid dienone is 1. The van der Waals surface area contributed by atoms with Gasteiger partial charge in [-0.3, -0.25) is 4.79 Å². The highest BCUT2D eigenvalue weighted by atomic mass is 32.1. The predicted octanol–water partition coefficient (Wildman–Crippen LogP) is 3.29. The normalized spacial score (nSPS) is 14.9. The third kappa shape index (κ3) is 3.08.